The maximum Gasteiger partial charge on any atom is 0.262 e. The third kappa shape index (κ3) is 6.47. The minimum atomic E-state index is -0.0894. The van der Waals surface area contributed by atoms with E-state index in [1.807, 2.05) is 18.2 Å². The lowest BCUT2D eigenvalue weighted by molar-refractivity contribution is -0.126. The third-order valence-electron chi connectivity index (χ3n) is 7.51. The number of ether oxygens (including phenoxy) is 1. The van der Waals surface area contributed by atoms with Crippen LogP contribution in [0.25, 0.3) is 10.9 Å². The number of thioether (sulfide) groups is 1. The van der Waals surface area contributed by atoms with E-state index in [1.54, 1.807) is 34.9 Å². The Morgan fingerprint density at radius 2 is 1.82 bits per heavy atom. The summed E-state index contributed by atoms with van der Waals surface area (Å²) >= 11 is 7.24. The van der Waals surface area contributed by atoms with E-state index in [4.69, 9.17) is 21.3 Å². The largest absolute Gasteiger partial charge is 0.376 e. The fourth-order valence-corrected chi connectivity index (χ4v) is 6.33. The number of carbonyl (C=O) groups excluding carboxylic acids is 2. The number of hydrogen-bond donors (Lipinski definition) is 1. The molecule has 5 rings (SSSR count). The molecule has 1 unspecified atom stereocenters. The van der Waals surface area contributed by atoms with Crippen LogP contribution in [-0.4, -0.2) is 46.2 Å². The van der Waals surface area contributed by atoms with Crippen LogP contribution in [0.4, 0.5) is 0 Å². The minimum absolute atomic E-state index is 0.00458. The molecule has 1 saturated heterocycles. The van der Waals surface area contributed by atoms with Gasteiger partial charge in [-0.3, -0.25) is 19.0 Å². The summed E-state index contributed by atoms with van der Waals surface area (Å²) in [7, 11) is 0. The van der Waals surface area contributed by atoms with Crippen molar-refractivity contribution >= 4 is 46.0 Å². The molecule has 2 aromatic carbocycles. The molecule has 1 aliphatic heterocycles. The van der Waals surface area contributed by atoms with Crippen LogP contribution in [0.1, 0.15) is 48.9 Å². The Balaban J connectivity index is 1.25. The minimum Gasteiger partial charge on any atom is -0.376 e. The van der Waals surface area contributed by atoms with E-state index in [0.29, 0.717) is 39.7 Å². The molecule has 2 aliphatic rings. The highest BCUT2D eigenvalue weighted by Crippen LogP contribution is 2.31. The van der Waals surface area contributed by atoms with Gasteiger partial charge in [-0.05, 0) is 80.8 Å². The second-order valence-electron chi connectivity index (χ2n) is 10.1. The van der Waals surface area contributed by atoms with Crippen LogP contribution in [0.15, 0.2) is 58.5 Å². The summed E-state index contributed by atoms with van der Waals surface area (Å²) in [6.45, 7) is 1.90. The quantitative estimate of drug-likeness (QED) is 0.224. The molecule has 1 aliphatic carbocycles. The highest BCUT2D eigenvalue weighted by Gasteiger charge is 2.28. The molecule has 2 fully saturated rings. The van der Waals surface area contributed by atoms with E-state index in [2.05, 4.69) is 5.32 Å². The average molecular weight is 554 g/mol. The number of nitrogens with one attached hydrogen (secondary N) is 1. The van der Waals surface area contributed by atoms with E-state index >= 15 is 0 Å². The van der Waals surface area contributed by atoms with E-state index in [9.17, 15) is 14.4 Å². The summed E-state index contributed by atoms with van der Waals surface area (Å²) in [6, 6.07) is 14.1. The third-order valence-corrected chi connectivity index (χ3v) is 8.74. The predicted molar refractivity (Wildman–Crippen MR) is 150 cm³/mol. The Hall–Kier alpha value is -2.68. The van der Waals surface area contributed by atoms with E-state index in [0.717, 1.165) is 45.1 Å². The van der Waals surface area contributed by atoms with Crippen molar-refractivity contribution in [2.75, 3.05) is 18.9 Å². The molecule has 38 heavy (non-hydrogen) atoms. The molecule has 0 bridgehead atoms. The van der Waals surface area contributed by atoms with Crippen molar-refractivity contribution in [1.82, 2.24) is 14.9 Å². The molecule has 1 N–H and O–H groups in total. The molecule has 7 nitrogen and oxygen atoms in total. The van der Waals surface area contributed by atoms with Crippen molar-refractivity contribution in [1.29, 1.82) is 0 Å². The monoisotopic (exact) mass is 553 g/mol. The number of rotatable bonds is 9. The molecule has 0 spiro atoms. The first-order valence-electron chi connectivity index (χ1n) is 13.3. The first-order valence-corrected chi connectivity index (χ1v) is 14.6. The van der Waals surface area contributed by atoms with E-state index in [1.165, 1.54) is 11.8 Å². The van der Waals surface area contributed by atoms with Gasteiger partial charge in [-0.25, -0.2) is 4.98 Å². The van der Waals surface area contributed by atoms with Crippen LogP contribution in [0.3, 0.4) is 0 Å². The molecule has 9 heteroatoms. The van der Waals surface area contributed by atoms with Gasteiger partial charge in [-0.15, -0.1) is 0 Å². The van der Waals surface area contributed by atoms with Gasteiger partial charge in [0.1, 0.15) is 0 Å². The number of fused-ring (bicyclic) bond motifs is 1. The van der Waals surface area contributed by atoms with Gasteiger partial charge in [0.15, 0.2) is 10.9 Å². The van der Waals surface area contributed by atoms with Crippen LogP contribution in [0.2, 0.25) is 5.02 Å². The van der Waals surface area contributed by atoms with Gasteiger partial charge < -0.3 is 10.1 Å². The Labute approximate surface area is 231 Å². The smallest absolute Gasteiger partial charge is 0.262 e. The SMILES string of the molecule is O=C(CSc1nc2ccccc2c(=O)n1CC1CCC(C(=O)NCC2CCCO2)CC1)c1ccc(Cl)cc1. The number of nitrogens with zero attached hydrogens (tertiary/aromatic N) is 2. The maximum atomic E-state index is 13.5. The van der Waals surface area contributed by atoms with Crippen LogP contribution in [0.5, 0.6) is 0 Å². The molecule has 1 aromatic heterocycles. The van der Waals surface area contributed by atoms with E-state index < -0.39 is 0 Å². The summed E-state index contributed by atoms with van der Waals surface area (Å²) in [5.41, 5.74) is 1.11. The average Bonchev–Trinajstić information content (AvgIpc) is 3.47. The lowest BCUT2D eigenvalue weighted by atomic mass is 9.81. The van der Waals surface area contributed by atoms with Crippen LogP contribution in [-0.2, 0) is 16.1 Å². The Bertz CT molecular complexity index is 1350. The van der Waals surface area contributed by atoms with Gasteiger partial charge >= 0.3 is 0 Å². The first kappa shape index (κ1) is 26.9. The van der Waals surface area contributed by atoms with Crippen molar-refractivity contribution in [3.05, 3.63) is 69.5 Å². The number of aromatic nitrogens is 2. The van der Waals surface area contributed by atoms with Gasteiger partial charge in [0, 0.05) is 36.2 Å². The lowest BCUT2D eigenvalue weighted by Crippen LogP contribution is -2.38. The normalized spacial score (nSPS) is 21.4. The number of carbonyl (C=O) groups is 2. The second kappa shape index (κ2) is 12.5. The van der Waals surface area contributed by atoms with Crippen molar-refractivity contribution < 1.29 is 14.3 Å². The Morgan fingerprint density at radius 1 is 1.05 bits per heavy atom. The van der Waals surface area contributed by atoms with Crippen molar-refractivity contribution in [3.8, 4) is 0 Å². The van der Waals surface area contributed by atoms with Crippen molar-refractivity contribution in [2.24, 2.45) is 11.8 Å². The zero-order valence-corrected chi connectivity index (χ0v) is 22.8. The number of halogens is 1. The maximum absolute atomic E-state index is 13.5. The van der Waals surface area contributed by atoms with Crippen LogP contribution < -0.4 is 10.9 Å². The number of hydrogen-bond acceptors (Lipinski definition) is 6. The lowest BCUT2D eigenvalue weighted by Gasteiger charge is -2.29. The number of Topliss-reactive ketones (excluding diaryl/α,β-unsaturated/α-hetero) is 1. The molecule has 0 radical (unpaired) electrons. The number of para-hydroxylation sites is 1. The summed E-state index contributed by atoms with van der Waals surface area (Å²) in [5, 5.41) is 4.77. The van der Waals surface area contributed by atoms with Gasteiger partial charge in [0.25, 0.3) is 5.56 Å². The number of ketones is 1. The summed E-state index contributed by atoms with van der Waals surface area (Å²) < 4.78 is 7.34. The van der Waals surface area contributed by atoms with Crippen LogP contribution >= 0.6 is 23.4 Å². The fourth-order valence-electron chi connectivity index (χ4n) is 5.30. The summed E-state index contributed by atoms with van der Waals surface area (Å²) in [6.07, 6.45) is 5.54. The molecular formula is C29H32ClN3O4S. The van der Waals surface area contributed by atoms with E-state index in [-0.39, 0.29) is 40.9 Å². The Morgan fingerprint density at radius 3 is 2.55 bits per heavy atom. The molecule has 1 atom stereocenters. The topological polar surface area (TPSA) is 90.3 Å². The molecule has 1 amide bonds. The number of amides is 1. The van der Waals surface area contributed by atoms with Gasteiger partial charge in [0.2, 0.25) is 5.91 Å². The molecule has 2 heterocycles. The highest BCUT2D eigenvalue weighted by molar-refractivity contribution is 7.99. The molecular weight excluding hydrogens is 522 g/mol. The standard InChI is InChI=1S/C29H32ClN3O4S/c30-22-13-11-20(12-14-22)26(34)18-38-29-32-25-6-2-1-5-24(25)28(36)33(29)17-19-7-9-21(10-8-19)27(35)31-16-23-4-3-15-37-23/h1-2,5-6,11-14,19,21,23H,3-4,7-10,15-18H2,(H,31,35). The highest BCUT2D eigenvalue weighted by atomic mass is 35.5. The van der Waals surface area contributed by atoms with Gasteiger partial charge in [0.05, 0.1) is 22.8 Å². The number of benzene rings is 2. The van der Waals surface area contributed by atoms with Crippen LogP contribution in [0, 0.1) is 11.8 Å². The first-order chi connectivity index (χ1) is 18.5. The molecule has 1 saturated carbocycles. The Kier molecular flexibility index (Phi) is 8.82. The predicted octanol–water partition coefficient (Wildman–Crippen LogP) is 5.13. The molecule has 3 aromatic rings. The van der Waals surface area contributed by atoms with Crippen molar-refractivity contribution in [2.45, 2.75) is 56.3 Å². The van der Waals surface area contributed by atoms with Gasteiger partial charge in [-0.2, -0.15) is 0 Å². The summed E-state index contributed by atoms with van der Waals surface area (Å²) in [5.74, 6) is 0.508. The zero-order valence-electron chi connectivity index (χ0n) is 21.2. The van der Waals surface area contributed by atoms with Gasteiger partial charge in [-0.1, -0.05) is 35.5 Å². The molecule has 200 valence electrons. The summed E-state index contributed by atoms with van der Waals surface area (Å²) in [4.78, 5) is 43.7. The fraction of sp³-hybridized carbons (Fsp3) is 0.448. The zero-order chi connectivity index (χ0) is 26.5. The van der Waals surface area contributed by atoms with Crippen molar-refractivity contribution in [3.63, 3.8) is 0 Å². The second-order valence-corrected chi connectivity index (χ2v) is 11.5.